The highest BCUT2D eigenvalue weighted by Gasteiger charge is 2.19. The van der Waals surface area contributed by atoms with Crippen molar-refractivity contribution in [2.45, 2.75) is 45.3 Å². The maximum absolute atomic E-state index is 6.09. The highest BCUT2D eigenvalue weighted by molar-refractivity contribution is 5.53. The number of nitrogens with zero attached hydrogens (tertiary/aromatic N) is 4. The molecule has 0 unspecified atom stereocenters. The van der Waals surface area contributed by atoms with Gasteiger partial charge in [-0.25, -0.2) is 0 Å². The van der Waals surface area contributed by atoms with Gasteiger partial charge in [-0.3, -0.25) is 0 Å². The van der Waals surface area contributed by atoms with Crippen LogP contribution in [-0.4, -0.2) is 38.8 Å². The van der Waals surface area contributed by atoms with E-state index in [-0.39, 0.29) is 6.10 Å². The molecule has 3 aromatic rings. The van der Waals surface area contributed by atoms with Crippen LogP contribution in [0.3, 0.4) is 0 Å². The quantitative estimate of drug-likeness (QED) is 0.700. The molecule has 0 saturated carbocycles. The number of benzene rings is 1. The van der Waals surface area contributed by atoms with E-state index in [9.17, 15) is 0 Å². The Morgan fingerprint density at radius 2 is 2.30 bits per heavy atom. The minimum atomic E-state index is 0.0990. The van der Waals surface area contributed by atoms with E-state index in [1.165, 1.54) is 0 Å². The Labute approximate surface area is 159 Å². The van der Waals surface area contributed by atoms with Gasteiger partial charge in [0.2, 0.25) is 5.95 Å². The lowest BCUT2D eigenvalue weighted by molar-refractivity contribution is 0.153. The van der Waals surface area contributed by atoms with Gasteiger partial charge in [0, 0.05) is 18.7 Å². The molecule has 1 saturated heterocycles. The van der Waals surface area contributed by atoms with Crippen LogP contribution in [0.1, 0.15) is 43.7 Å². The predicted octanol–water partition coefficient (Wildman–Crippen LogP) is 2.79. The first kappa shape index (κ1) is 17.7. The summed E-state index contributed by atoms with van der Waals surface area (Å²) in [6.07, 6.45) is 4.08. The van der Waals surface area contributed by atoms with Gasteiger partial charge in [-0.1, -0.05) is 38.1 Å². The van der Waals surface area contributed by atoms with Crippen LogP contribution in [-0.2, 0) is 6.54 Å². The summed E-state index contributed by atoms with van der Waals surface area (Å²) in [5, 5.41) is 11.2. The Hall–Kier alpha value is -2.67. The maximum Gasteiger partial charge on any atom is 0.322 e. The molecule has 4 rings (SSSR count). The first-order chi connectivity index (χ1) is 13.2. The summed E-state index contributed by atoms with van der Waals surface area (Å²) < 4.78 is 7.84. The van der Waals surface area contributed by atoms with Gasteiger partial charge in [0.05, 0.1) is 6.20 Å². The van der Waals surface area contributed by atoms with Crippen molar-refractivity contribution in [3.63, 3.8) is 0 Å². The standard InChI is InChI=1S/C20H25N6O/c1-14(2)17-13-23-26-18(17)24-20(27-16-9-6-10-21-12-16)25-19(26)22-11-15-7-4-3-5-8-15/h3-5,7,13-14,16,21H,6,9-12H2,1-2H3,(H,22,24,25)/t16-/m1/s1. The van der Waals surface area contributed by atoms with Crippen LogP contribution < -0.4 is 15.4 Å². The summed E-state index contributed by atoms with van der Waals surface area (Å²) in [5.74, 6) is 0.944. The van der Waals surface area contributed by atoms with Crippen molar-refractivity contribution in [2.75, 3.05) is 18.4 Å². The average Bonchev–Trinajstić information content (AvgIpc) is 3.12. The molecule has 7 nitrogen and oxygen atoms in total. The summed E-state index contributed by atoms with van der Waals surface area (Å²) in [7, 11) is 0. The first-order valence-corrected chi connectivity index (χ1v) is 9.53. The van der Waals surface area contributed by atoms with Crippen LogP contribution in [0.5, 0.6) is 6.01 Å². The van der Waals surface area contributed by atoms with E-state index in [0.29, 0.717) is 24.4 Å². The van der Waals surface area contributed by atoms with Crippen LogP contribution in [0.2, 0.25) is 0 Å². The molecular weight excluding hydrogens is 340 g/mol. The topological polar surface area (TPSA) is 76.4 Å². The Kier molecular flexibility index (Phi) is 5.20. The van der Waals surface area contributed by atoms with Gasteiger partial charge in [0.15, 0.2) is 5.65 Å². The number of anilines is 1. The fraction of sp³-hybridized carbons (Fsp3) is 0.450. The van der Waals surface area contributed by atoms with Crippen molar-refractivity contribution >= 4 is 11.6 Å². The van der Waals surface area contributed by atoms with Gasteiger partial charge in [0.25, 0.3) is 0 Å². The summed E-state index contributed by atoms with van der Waals surface area (Å²) in [5.41, 5.74) is 2.93. The Morgan fingerprint density at radius 3 is 3.04 bits per heavy atom. The van der Waals surface area contributed by atoms with Gasteiger partial charge >= 0.3 is 6.01 Å². The van der Waals surface area contributed by atoms with Crippen molar-refractivity contribution in [3.05, 3.63) is 47.7 Å². The molecule has 1 aliphatic heterocycles. The lowest BCUT2D eigenvalue weighted by atomic mass is 10.1. The van der Waals surface area contributed by atoms with Crippen LogP contribution in [0.4, 0.5) is 5.95 Å². The molecule has 1 radical (unpaired) electrons. The van der Waals surface area contributed by atoms with Crippen LogP contribution >= 0.6 is 0 Å². The highest BCUT2D eigenvalue weighted by atomic mass is 16.5. The third-order valence-electron chi connectivity index (χ3n) is 4.73. The number of rotatable bonds is 6. The molecule has 1 fully saturated rings. The molecule has 1 aliphatic rings. The number of nitrogens with one attached hydrogen (secondary N) is 2. The molecule has 0 spiro atoms. The fourth-order valence-corrected chi connectivity index (χ4v) is 3.23. The second-order valence-corrected chi connectivity index (χ2v) is 7.15. The van der Waals surface area contributed by atoms with Gasteiger partial charge in [-0.05, 0) is 36.9 Å². The van der Waals surface area contributed by atoms with E-state index in [1.54, 1.807) is 4.52 Å². The number of ether oxygens (including phenoxy) is 1. The molecule has 3 heterocycles. The zero-order valence-electron chi connectivity index (χ0n) is 15.8. The lowest BCUT2D eigenvalue weighted by Crippen LogP contribution is -2.37. The van der Waals surface area contributed by atoms with Crippen molar-refractivity contribution in [2.24, 2.45) is 0 Å². The summed E-state index contributed by atoms with van der Waals surface area (Å²) in [4.78, 5) is 9.25. The summed E-state index contributed by atoms with van der Waals surface area (Å²) in [6.45, 7) is 6.74. The second kappa shape index (κ2) is 7.92. The SMILES string of the molecule is CC(C)c1cnn2c(NCc3[c]cccc3)nc(O[C@@H]3CCCNC3)nc12. The fourth-order valence-electron chi connectivity index (χ4n) is 3.23. The Balaban J connectivity index is 1.64. The van der Waals surface area contributed by atoms with E-state index in [1.807, 2.05) is 30.5 Å². The maximum atomic E-state index is 6.09. The van der Waals surface area contributed by atoms with Crippen molar-refractivity contribution in [1.82, 2.24) is 24.9 Å². The smallest absolute Gasteiger partial charge is 0.322 e. The molecule has 0 aliphatic carbocycles. The molecule has 1 atom stereocenters. The van der Waals surface area contributed by atoms with Gasteiger partial charge in [0.1, 0.15) is 6.10 Å². The van der Waals surface area contributed by atoms with Crippen LogP contribution in [0, 0.1) is 6.07 Å². The number of piperidine rings is 1. The van der Waals surface area contributed by atoms with Crippen LogP contribution in [0.25, 0.3) is 5.65 Å². The molecule has 2 aromatic heterocycles. The van der Waals surface area contributed by atoms with Crippen molar-refractivity contribution < 1.29 is 4.74 Å². The average molecular weight is 365 g/mol. The Morgan fingerprint density at radius 1 is 1.37 bits per heavy atom. The molecule has 7 heteroatoms. The normalized spacial score (nSPS) is 17.4. The molecular formula is C20H25N6O. The van der Waals surface area contributed by atoms with Crippen molar-refractivity contribution in [1.29, 1.82) is 0 Å². The minimum absolute atomic E-state index is 0.0990. The largest absolute Gasteiger partial charge is 0.459 e. The zero-order valence-corrected chi connectivity index (χ0v) is 15.8. The van der Waals surface area contributed by atoms with Crippen LogP contribution in [0.15, 0.2) is 30.5 Å². The van der Waals surface area contributed by atoms with E-state index in [4.69, 9.17) is 4.74 Å². The number of hydrogen-bond acceptors (Lipinski definition) is 6. The highest BCUT2D eigenvalue weighted by Crippen LogP contribution is 2.23. The number of aromatic nitrogens is 4. The molecule has 0 bridgehead atoms. The van der Waals surface area contributed by atoms with E-state index in [0.717, 1.165) is 42.7 Å². The summed E-state index contributed by atoms with van der Waals surface area (Å²) >= 11 is 0. The van der Waals surface area contributed by atoms with E-state index >= 15 is 0 Å². The van der Waals surface area contributed by atoms with Gasteiger partial charge < -0.3 is 15.4 Å². The third kappa shape index (κ3) is 4.03. The molecule has 141 valence electrons. The predicted molar refractivity (Wildman–Crippen MR) is 104 cm³/mol. The molecule has 1 aromatic carbocycles. The van der Waals surface area contributed by atoms with E-state index in [2.05, 4.69) is 45.6 Å². The molecule has 0 amide bonds. The third-order valence-corrected chi connectivity index (χ3v) is 4.73. The first-order valence-electron chi connectivity index (χ1n) is 9.53. The number of hydrogen-bond donors (Lipinski definition) is 2. The van der Waals surface area contributed by atoms with Gasteiger partial charge in [-0.15, -0.1) is 0 Å². The van der Waals surface area contributed by atoms with E-state index < -0.39 is 0 Å². The Bertz CT molecular complexity index is 886. The van der Waals surface area contributed by atoms with Crippen molar-refractivity contribution in [3.8, 4) is 6.01 Å². The monoisotopic (exact) mass is 365 g/mol. The number of fused-ring (bicyclic) bond motifs is 1. The van der Waals surface area contributed by atoms with Gasteiger partial charge in [-0.2, -0.15) is 19.6 Å². The molecule has 27 heavy (non-hydrogen) atoms. The minimum Gasteiger partial charge on any atom is -0.459 e. The summed E-state index contributed by atoms with van der Waals surface area (Å²) in [6, 6.07) is 11.5. The zero-order chi connectivity index (χ0) is 18.6. The second-order valence-electron chi connectivity index (χ2n) is 7.15. The lowest BCUT2D eigenvalue weighted by Gasteiger charge is -2.23. The molecule has 2 N–H and O–H groups in total.